The molecule has 1 N–H and O–H groups in total. The van der Waals surface area contributed by atoms with Crippen molar-refractivity contribution in [2.45, 2.75) is 26.3 Å². The number of carbonyl (C=O) groups is 2. The van der Waals surface area contributed by atoms with Gasteiger partial charge in [0.15, 0.2) is 6.61 Å². The molecule has 21 heavy (non-hydrogen) atoms. The molecule has 1 aromatic rings. The second-order valence-electron chi connectivity index (χ2n) is 4.57. The summed E-state index contributed by atoms with van der Waals surface area (Å²) < 4.78 is 5.34. The molecule has 0 saturated carbocycles. The number of nitriles is 1. The third-order valence-corrected chi connectivity index (χ3v) is 3.11. The van der Waals surface area contributed by atoms with E-state index >= 15 is 0 Å². The first kappa shape index (κ1) is 16.5. The molecule has 0 aromatic heterocycles. The fourth-order valence-electron chi connectivity index (χ4n) is 1.76. The van der Waals surface area contributed by atoms with Gasteiger partial charge in [0, 0.05) is 6.04 Å². The summed E-state index contributed by atoms with van der Waals surface area (Å²) in [5, 5.41) is 17.8. The highest BCUT2D eigenvalue weighted by Gasteiger charge is 2.22. The number of aliphatic carboxylic acids is 1. The summed E-state index contributed by atoms with van der Waals surface area (Å²) in [5.74, 6) is -1.17. The van der Waals surface area contributed by atoms with E-state index in [0.717, 1.165) is 0 Å². The largest absolute Gasteiger partial charge is 0.482 e. The summed E-state index contributed by atoms with van der Waals surface area (Å²) in [6.07, 6.45) is 0.647. The van der Waals surface area contributed by atoms with E-state index in [1.54, 1.807) is 31.2 Å². The van der Waals surface area contributed by atoms with Crippen LogP contribution in [-0.4, -0.2) is 41.1 Å². The van der Waals surface area contributed by atoms with Gasteiger partial charge in [-0.1, -0.05) is 19.1 Å². The molecule has 112 valence electrons. The first-order valence-corrected chi connectivity index (χ1v) is 6.62. The van der Waals surface area contributed by atoms with Crippen LogP contribution in [0.3, 0.4) is 0 Å². The van der Waals surface area contributed by atoms with Crippen molar-refractivity contribution in [3.63, 3.8) is 0 Å². The average molecular weight is 290 g/mol. The van der Waals surface area contributed by atoms with E-state index in [1.807, 2.05) is 13.0 Å². The van der Waals surface area contributed by atoms with Crippen molar-refractivity contribution in [1.82, 2.24) is 4.90 Å². The normalized spacial score (nSPS) is 11.3. The minimum absolute atomic E-state index is 0.191. The van der Waals surface area contributed by atoms with Gasteiger partial charge in [-0.2, -0.15) is 5.26 Å². The number of carbonyl (C=O) groups excluding carboxylic acids is 1. The molecule has 6 nitrogen and oxygen atoms in total. The lowest BCUT2D eigenvalue weighted by Gasteiger charge is -2.26. The topological polar surface area (TPSA) is 90.6 Å². The number of ether oxygens (including phenoxy) is 1. The standard InChI is InChI=1S/C15H18N2O4/c1-3-11(2)17(9-15(19)20)14(18)10-21-13-7-5-4-6-12(13)8-16/h4-7,11H,3,9-10H2,1-2H3,(H,19,20). The summed E-state index contributed by atoms with van der Waals surface area (Å²) in [6, 6.07) is 8.36. The Balaban J connectivity index is 2.74. The van der Waals surface area contributed by atoms with Gasteiger partial charge in [-0.15, -0.1) is 0 Å². The summed E-state index contributed by atoms with van der Waals surface area (Å²) >= 11 is 0. The second kappa shape index (κ2) is 7.90. The van der Waals surface area contributed by atoms with E-state index in [1.165, 1.54) is 4.90 Å². The smallest absolute Gasteiger partial charge is 0.323 e. The van der Waals surface area contributed by atoms with Crippen LogP contribution in [-0.2, 0) is 9.59 Å². The molecular formula is C15H18N2O4. The van der Waals surface area contributed by atoms with Crippen molar-refractivity contribution >= 4 is 11.9 Å². The van der Waals surface area contributed by atoms with Gasteiger partial charge in [-0.3, -0.25) is 9.59 Å². The molecule has 0 bridgehead atoms. The quantitative estimate of drug-likeness (QED) is 0.824. The highest BCUT2D eigenvalue weighted by Crippen LogP contribution is 2.16. The number of para-hydroxylation sites is 1. The number of hydrogen-bond donors (Lipinski definition) is 1. The molecular weight excluding hydrogens is 272 g/mol. The van der Waals surface area contributed by atoms with E-state index in [4.69, 9.17) is 15.1 Å². The van der Waals surface area contributed by atoms with Crippen LogP contribution in [0, 0.1) is 11.3 Å². The van der Waals surface area contributed by atoms with Gasteiger partial charge in [0.1, 0.15) is 18.4 Å². The van der Waals surface area contributed by atoms with E-state index in [9.17, 15) is 9.59 Å². The van der Waals surface area contributed by atoms with Crippen molar-refractivity contribution in [3.05, 3.63) is 29.8 Å². The van der Waals surface area contributed by atoms with Crippen LogP contribution in [0.1, 0.15) is 25.8 Å². The van der Waals surface area contributed by atoms with Crippen molar-refractivity contribution in [3.8, 4) is 11.8 Å². The SMILES string of the molecule is CCC(C)N(CC(=O)O)C(=O)COc1ccccc1C#N. The van der Waals surface area contributed by atoms with Gasteiger partial charge < -0.3 is 14.7 Å². The molecule has 0 radical (unpaired) electrons. The molecule has 1 unspecified atom stereocenters. The number of amides is 1. The highest BCUT2D eigenvalue weighted by molar-refractivity contribution is 5.82. The van der Waals surface area contributed by atoms with Crippen molar-refractivity contribution < 1.29 is 19.4 Å². The Morgan fingerprint density at radius 1 is 1.43 bits per heavy atom. The van der Waals surface area contributed by atoms with Crippen LogP contribution < -0.4 is 4.74 Å². The summed E-state index contributed by atoms with van der Waals surface area (Å²) in [4.78, 5) is 24.2. The van der Waals surface area contributed by atoms with E-state index in [-0.39, 0.29) is 19.2 Å². The van der Waals surface area contributed by atoms with Gasteiger partial charge in [0.2, 0.25) is 0 Å². The Morgan fingerprint density at radius 2 is 2.10 bits per heavy atom. The number of hydrogen-bond acceptors (Lipinski definition) is 4. The molecule has 6 heteroatoms. The molecule has 1 rings (SSSR count). The van der Waals surface area contributed by atoms with Crippen LogP contribution in [0.15, 0.2) is 24.3 Å². The molecule has 0 spiro atoms. The first-order chi connectivity index (χ1) is 9.99. The van der Waals surface area contributed by atoms with Gasteiger partial charge >= 0.3 is 5.97 Å². The molecule has 0 fully saturated rings. The minimum Gasteiger partial charge on any atom is -0.482 e. The fraction of sp³-hybridized carbons (Fsp3) is 0.400. The number of benzene rings is 1. The molecule has 0 aliphatic carbocycles. The second-order valence-corrected chi connectivity index (χ2v) is 4.57. The molecule has 0 aliphatic heterocycles. The fourth-order valence-corrected chi connectivity index (χ4v) is 1.76. The third kappa shape index (κ3) is 4.80. The molecule has 1 amide bonds. The molecule has 0 heterocycles. The lowest BCUT2D eigenvalue weighted by molar-refractivity contribution is -0.147. The zero-order chi connectivity index (χ0) is 15.8. The summed E-state index contributed by atoms with van der Waals surface area (Å²) in [5.41, 5.74) is 0.332. The number of rotatable bonds is 7. The van der Waals surface area contributed by atoms with Gasteiger partial charge in [-0.25, -0.2) is 0 Å². The molecule has 1 atom stereocenters. The first-order valence-electron chi connectivity index (χ1n) is 6.62. The number of carboxylic acid groups (broad SMARTS) is 1. The zero-order valence-corrected chi connectivity index (χ0v) is 12.1. The maximum atomic E-state index is 12.1. The Bertz CT molecular complexity index is 551. The predicted molar refractivity (Wildman–Crippen MR) is 75.8 cm³/mol. The monoisotopic (exact) mass is 290 g/mol. The number of nitrogens with zero attached hydrogens (tertiary/aromatic N) is 2. The van der Waals surface area contributed by atoms with Gasteiger partial charge in [-0.05, 0) is 25.5 Å². The summed E-state index contributed by atoms with van der Waals surface area (Å²) in [6.45, 7) is 3.00. The average Bonchev–Trinajstić information content (AvgIpc) is 2.49. The van der Waals surface area contributed by atoms with Crippen LogP contribution in [0.2, 0.25) is 0 Å². The minimum atomic E-state index is -1.07. The van der Waals surface area contributed by atoms with Crippen molar-refractivity contribution in [1.29, 1.82) is 5.26 Å². The Morgan fingerprint density at radius 3 is 2.67 bits per heavy atom. The van der Waals surface area contributed by atoms with Crippen LogP contribution in [0.5, 0.6) is 5.75 Å². The molecule has 0 saturated heterocycles. The maximum absolute atomic E-state index is 12.1. The Labute approximate surface area is 123 Å². The highest BCUT2D eigenvalue weighted by atomic mass is 16.5. The van der Waals surface area contributed by atoms with E-state index in [2.05, 4.69) is 0 Å². The van der Waals surface area contributed by atoms with Gasteiger partial charge in [0.05, 0.1) is 5.56 Å². The third-order valence-electron chi connectivity index (χ3n) is 3.11. The van der Waals surface area contributed by atoms with Crippen molar-refractivity contribution in [2.24, 2.45) is 0 Å². The zero-order valence-electron chi connectivity index (χ0n) is 12.1. The van der Waals surface area contributed by atoms with Crippen LogP contribution >= 0.6 is 0 Å². The van der Waals surface area contributed by atoms with Crippen LogP contribution in [0.4, 0.5) is 0 Å². The lowest BCUT2D eigenvalue weighted by Crippen LogP contribution is -2.44. The predicted octanol–water partition coefficient (Wildman–Crippen LogP) is 1.65. The number of carboxylic acids is 1. The van der Waals surface area contributed by atoms with Crippen LogP contribution in [0.25, 0.3) is 0 Å². The Kier molecular flexibility index (Phi) is 6.21. The van der Waals surface area contributed by atoms with Gasteiger partial charge in [0.25, 0.3) is 5.91 Å². The molecule has 0 aliphatic rings. The van der Waals surface area contributed by atoms with E-state index in [0.29, 0.717) is 17.7 Å². The maximum Gasteiger partial charge on any atom is 0.323 e. The Hall–Kier alpha value is -2.55. The molecule has 1 aromatic carbocycles. The van der Waals surface area contributed by atoms with Crippen molar-refractivity contribution in [2.75, 3.05) is 13.2 Å². The summed E-state index contributed by atoms with van der Waals surface area (Å²) in [7, 11) is 0. The van der Waals surface area contributed by atoms with E-state index < -0.39 is 11.9 Å². The lowest BCUT2D eigenvalue weighted by atomic mass is 10.2.